The van der Waals surface area contributed by atoms with Crippen LogP contribution in [0.5, 0.6) is 5.88 Å². The van der Waals surface area contributed by atoms with Crippen LogP contribution in [0.3, 0.4) is 0 Å². The summed E-state index contributed by atoms with van der Waals surface area (Å²) in [4.78, 5) is 24.1. The summed E-state index contributed by atoms with van der Waals surface area (Å²) in [5.41, 5.74) is 1.48. The third-order valence-electron chi connectivity index (χ3n) is 4.47. The summed E-state index contributed by atoms with van der Waals surface area (Å²) in [7, 11) is 5.02. The Morgan fingerprint density at radius 1 is 1.23 bits per heavy atom. The third kappa shape index (κ3) is 4.38. The van der Waals surface area contributed by atoms with Gasteiger partial charge in [-0.3, -0.25) is 4.79 Å². The Balaban J connectivity index is 1.55. The third-order valence-corrected chi connectivity index (χ3v) is 6.71. The Kier molecular flexibility index (Phi) is 6.16. The number of hydrogen-bond donors (Lipinski definition) is 1. The molecule has 1 N–H and O–H groups in total. The molecule has 0 aliphatic rings. The van der Waals surface area contributed by atoms with E-state index in [2.05, 4.69) is 25.5 Å². The van der Waals surface area contributed by atoms with E-state index in [1.54, 1.807) is 20.5 Å². The maximum atomic E-state index is 13.0. The maximum Gasteiger partial charge on any atom is 0.266 e. The molecular weight excluding hydrogens is 436 g/mol. The van der Waals surface area contributed by atoms with Crippen molar-refractivity contribution < 1.29 is 14.3 Å². The number of carbonyl (C=O) groups is 1. The number of aryl methyl sites for hydroxylation is 2. The fourth-order valence-corrected chi connectivity index (χ4v) is 4.81. The predicted octanol–water partition coefficient (Wildman–Crippen LogP) is 3.69. The molecule has 0 aliphatic carbocycles. The van der Waals surface area contributed by atoms with Gasteiger partial charge >= 0.3 is 0 Å². The van der Waals surface area contributed by atoms with Gasteiger partial charge in [-0.15, -0.1) is 21.5 Å². The molecule has 0 fully saturated rings. The standard InChI is InChI=1S/C20H20N6O3S2/c1-11-15-18(29-4)23-14(9-28-3)24-19(15)31-16(11)17(27)22-12-5-7-13(8-6-12)30-20-25-21-10-26(20)2/h5-8,10H,9H2,1-4H3,(H,22,27). The fourth-order valence-electron chi connectivity index (χ4n) is 2.97. The number of thiophene rings is 1. The first-order valence-corrected chi connectivity index (χ1v) is 10.9. The molecule has 3 aromatic heterocycles. The lowest BCUT2D eigenvalue weighted by molar-refractivity contribution is 0.103. The summed E-state index contributed by atoms with van der Waals surface area (Å²) in [6, 6.07) is 7.57. The van der Waals surface area contributed by atoms with Gasteiger partial charge in [-0.2, -0.15) is 4.98 Å². The molecule has 0 unspecified atom stereocenters. The van der Waals surface area contributed by atoms with E-state index < -0.39 is 0 Å². The summed E-state index contributed by atoms with van der Waals surface area (Å²) in [5.74, 6) is 0.746. The molecule has 31 heavy (non-hydrogen) atoms. The van der Waals surface area contributed by atoms with Crippen molar-refractivity contribution in [1.82, 2.24) is 24.7 Å². The predicted molar refractivity (Wildman–Crippen MR) is 119 cm³/mol. The van der Waals surface area contributed by atoms with Crippen molar-refractivity contribution in [3.05, 3.63) is 46.9 Å². The molecule has 4 rings (SSSR count). The van der Waals surface area contributed by atoms with E-state index in [-0.39, 0.29) is 12.5 Å². The molecule has 0 saturated carbocycles. The van der Waals surface area contributed by atoms with Gasteiger partial charge in [0.2, 0.25) is 5.88 Å². The molecule has 0 bridgehead atoms. The van der Waals surface area contributed by atoms with Crippen LogP contribution in [0.4, 0.5) is 5.69 Å². The van der Waals surface area contributed by atoms with E-state index in [0.29, 0.717) is 27.1 Å². The number of anilines is 1. The van der Waals surface area contributed by atoms with Crippen LogP contribution in [-0.4, -0.2) is 44.9 Å². The quantitative estimate of drug-likeness (QED) is 0.449. The molecule has 160 valence electrons. The number of aromatic nitrogens is 5. The molecule has 0 atom stereocenters. The van der Waals surface area contributed by atoms with Crippen LogP contribution in [0.25, 0.3) is 10.2 Å². The number of ether oxygens (including phenoxy) is 2. The van der Waals surface area contributed by atoms with E-state index >= 15 is 0 Å². The molecule has 0 spiro atoms. The molecule has 9 nitrogen and oxygen atoms in total. The number of amides is 1. The number of benzene rings is 1. The number of methoxy groups -OCH3 is 2. The second kappa shape index (κ2) is 9.00. The number of hydrogen-bond acceptors (Lipinski definition) is 9. The van der Waals surface area contributed by atoms with Gasteiger partial charge in [0.15, 0.2) is 11.0 Å². The highest BCUT2D eigenvalue weighted by molar-refractivity contribution is 7.99. The van der Waals surface area contributed by atoms with Crippen molar-refractivity contribution in [3.8, 4) is 5.88 Å². The van der Waals surface area contributed by atoms with Crippen molar-refractivity contribution >= 4 is 44.9 Å². The second-order valence-corrected chi connectivity index (χ2v) is 8.66. The van der Waals surface area contributed by atoms with Crippen molar-refractivity contribution in [2.45, 2.75) is 23.6 Å². The van der Waals surface area contributed by atoms with E-state index in [1.807, 2.05) is 42.8 Å². The lowest BCUT2D eigenvalue weighted by Crippen LogP contribution is -2.11. The smallest absolute Gasteiger partial charge is 0.266 e. The topological polar surface area (TPSA) is 104 Å². The van der Waals surface area contributed by atoms with Gasteiger partial charge in [-0.1, -0.05) is 0 Å². The minimum Gasteiger partial charge on any atom is -0.480 e. The summed E-state index contributed by atoms with van der Waals surface area (Å²) >= 11 is 2.81. The average molecular weight is 457 g/mol. The van der Waals surface area contributed by atoms with Gasteiger partial charge in [0.25, 0.3) is 5.91 Å². The Bertz CT molecular complexity index is 1240. The summed E-state index contributed by atoms with van der Waals surface area (Å²) in [6.45, 7) is 2.14. The molecule has 0 radical (unpaired) electrons. The Morgan fingerprint density at radius 3 is 2.65 bits per heavy atom. The number of fused-ring (bicyclic) bond motifs is 1. The van der Waals surface area contributed by atoms with Crippen LogP contribution in [0.15, 0.2) is 40.6 Å². The Labute approximate surface area is 186 Å². The minimum atomic E-state index is -0.204. The monoisotopic (exact) mass is 456 g/mol. The lowest BCUT2D eigenvalue weighted by Gasteiger charge is -2.06. The zero-order valence-corrected chi connectivity index (χ0v) is 19.0. The summed E-state index contributed by atoms with van der Waals surface area (Å²) < 4.78 is 12.4. The van der Waals surface area contributed by atoms with Gasteiger partial charge in [0, 0.05) is 24.7 Å². The summed E-state index contributed by atoms with van der Waals surface area (Å²) in [6.07, 6.45) is 1.65. The molecule has 3 heterocycles. The molecule has 0 aliphatic heterocycles. The summed E-state index contributed by atoms with van der Waals surface area (Å²) in [5, 5.41) is 12.4. The molecule has 0 saturated heterocycles. The molecule has 1 amide bonds. The van der Waals surface area contributed by atoms with Gasteiger partial charge in [-0.25, -0.2) is 4.98 Å². The highest BCUT2D eigenvalue weighted by Crippen LogP contribution is 2.35. The Morgan fingerprint density at radius 2 is 2.00 bits per heavy atom. The van der Waals surface area contributed by atoms with E-state index in [1.165, 1.54) is 23.1 Å². The number of nitrogens with zero attached hydrogens (tertiary/aromatic N) is 5. The van der Waals surface area contributed by atoms with Crippen LogP contribution < -0.4 is 10.1 Å². The van der Waals surface area contributed by atoms with Crippen LogP contribution in [0.2, 0.25) is 0 Å². The molecule has 1 aromatic carbocycles. The average Bonchev–Trinajstić information content (AvgIpc) is 3.32. The maximum absolute atomic E-state index is 13.0. The van der Waals surface area contributed by atoms with E-state index in [0.717, 1.165) is 21.0 Å². The van der Waals surface area contributed by atoms with Crippen molar-refractivity contribution in [3.63, 3.8) is 0 Å². The first-order valence-electron chi connectivity index (χ1n) is 9.26. The largest absolute Gasteiger partial charge is 0.480 e. The second-order valence-electron chi connectivity index (χ2n) is 6.62. The van der Waals surface area contributed by atoms with Gasteiger partial charge in [0.1, 0.15) is 17.8 Å². The van der Waals surface area contributed by atoms with E-state index in [9.17, 15) is 4.79 Å². The van der Waals surface area contributed by atoms with Crippen LogP contribution in [-0.2, 0) is 18.4 Å². The molecule has 11 heteroatoms. The lowest BCUT2D eigenvalue weighted by atomic mass is 10.2. The van der Waals surface area contributed by atoms with Crippen molar-refractivity contribution in [2.24, 2.45) is 7.05 Å². The molecule has 4 aromatic rings. The van der Waals surface area contributed by atoms with Gasteiger partial charge in [-0.05, 0) is 48.5 Å². The van der Waals surface area contributed by atoms with E-state index in [4.69, 9.17) is 9.47 Å². The van der Waals surface area contributed by atoms with Crippen LogP contribution >= 0.6 is 23.1 Å². The normalized spacial score (nSPS) is 11.1. The van der Waals surface area contributed by atoms with Crippen LogP contribution in [0, 0.1) is 6.92 Å². The first-order chi connectivity index (χ1) is 15.0. The van der Waals surface area contributed by atoms with Gasteiger partial charge in [0.05, 0.1) is 17.4 Å². The zero-order valence-electron chi connectivity index (χ0n) is 17.4. The number of rotatable bonds is 7. The SMILES string of the molecule is COCc1nc(OC)c2c(C)c(C(=O)Nc3ccc(Sc4nncn4C)cc3)sc2n1. The first kappa shape index (κ1) is 21.2. The van der Waals surface area contributed by atoms with Crippen molar-refractivity contribution in [2.75, 3.05) is 19.5 Å². The highest BCUT2D eigenvalue weighted by Gasteiger charge is 2.21. The highest BCUT2D eigenvalue weighted by atomic mass is 32.2. The molecular formula is C20H20N6O3S2. The number of nitrogens with one attached hydrogen (secondary N) is 1. The van der Waals surface area contributed by atoms with Crippen molar-refractivity contribution in [1.29, 1.82) is 0 Å². The fraction of sp³-hybridized carbons (Fsp3) is 0.250. The minimum absolute atomic E-state index is 0.204. The van der Waals surface area contributed by atoms with Crippen LogP contribution in [0.1, 0.15) is 21.1 Å². The Hall–Kier alpha value is -3.02. The van der Waals surface area contributed by atoms with Gasteiger partial charge < -0.3 is 19.4 Å². The zero-order chi connectivity index (χ0) is 22.0. The number of carbonyl (C=O) groups excluding carboxylic acids is 1.